The van der Waals surface area contributed by atoms with Gasteiger partial charge in [-0.3, -0.25) is 14.4 Å². The zero-order valence-electron chi connectivity index (χ0n) is 37.3. The predicted octanol–water partition coefficient (Wildman–Crippen LogP) is 13.0. The molecule has 0 spiro atoms. The van der Waals surface area contributed by atoms with E-state index in [1.54, 1.807) is 6.08 Å². The van der Waals surface area contributed by atoms with Crippen LogP contribution in [0.25, 0.3) is 0 Å². The van der Waals surface area contributed by atoms with Gasteiger partial charge in [-0.05, 0) is 121 Å². The molecule has 0 N–H and O–H groups in total. The van der Waals surface area contributed by atoms with Gasteiger partial charge in [0.2, 0.25) is 0 Å². The number of hydrogen-bond acceptors (Lipinski definition) is 6. The molecule has 2 aromatic carbocycles. The van der Waals surface area contributed by atoms with E-state index in [9.17, 15) is 9.59 Å². The van der Waals surface area contributed by atoms with Gasteiger partial charge in [-0.2, -0.15) is 5.06 Å². The van der Waals surface area contributed by atoms with Crippen molar-refractivity contribution in [3.63, 3.8) is 0 Å². The molecule has 6 nitrogen and oxygen atoms in total. The van der Waals surface area contributed by atoms with Crippen molar-refractivity contribution in [2.75, 3.05) is 0 Å². The fraction of sp³-hybridized carbons (Fsp3) is 0.592. The van der Waals surface area contributed by atoms with Crippen LogP contribution < -0.4 is 4.74 Å². The molecule has 0 fully saturated rings. The van der Waals surface area contributed by atoms with Gasteiger partial charge < -0.3 is 9.47 Å². The third kappa shape index (κ3) is 14.8. The van der Waals surface area contributed by atoms with Crippen LogP contribution in [0, 0.1) is 28.6 Å². The first-order valence-electron chi connectivity index (χ1n) is 20.2. The quantitative estimate of drug-likeness (QED) is 0.0615. The summed E-state index contributed by atoms with van der Waals surface area (Å²) >= 11 is 0. The molecule has 2 rings (SSSR count). The number of nitrogens with zero attached hydrogens (tertiary/aromatic N) is 1. The highest BCUT2D eigenvalue weighted by atomic mass is 16.7. The summed E-state index contributed by atoms with van der Waals surface area (Å²) < 4.78 is 11.7. The van der Waals surface area contributed by atoms with Gasteiger partial charge in [0.05, 0.1) is 17.6 Å². The molecule has 0 amide bonds. The van der Waals surface area contributed by atoms with Crippen molar-refractivity contribution in [2.24, 2.45) is 28.6 Å². The lowest BCUT2D eigenvalue weighted by molar-refractivity contribution is -0.308. The molecule has 0 saturated carbocycles. The maximum absolute atomic E-state index is 14.4. The molecule has 0 aliphatic rings. The molecule has 0 saturated heterocycles. The summed E-state index contributed by atoms with van der Waals surface area (Å²) in [7, 11) is 0. The highest BCUT2D eigenvalue weighted by Crippen LogP contribution is 2.50. The fourth-order valence-corrected chi connectivity index (χ4v) is 7.34. The van der Waals surface area contributed by atoms with Crippen LogP contribution in [0.15, 0.2) is 91.6 Å². The van der Waals surface area contributed by atoms with Crippen LogP contribution in [0.4, 0.5) is 0 Å². The Morgan fingerprint density at radius 1 is 0.745 bits per heavy atom. The zero-order valence-corrected chi connectivity index (χ0v) is 37.3. The Morgan fingerprint density at radius 3 is 1.82 bits per heavy atom. The Hall–Kier alpha value is -3.48. The molecule has 0 aliphatic carbocycles. The van der Waals surface area contributed by atoms with E-state index in [0.29, 0.717) is 24.5 Å². The summed E-state index contributed by atoms with van der Waals surface area (Å²) in [6.45, 7) is 37.6. The lowest BCUT2D eigenvalue weighted by atomic mass is 9.62. The number of allylic oxidation sites excluding steroid dienone is 5. The third-order valence-electron chi connectivity index (χ3n) is 10.8. The largest absolute Gasteiger partial charge is 0.460 e. The molecule has 0 aliphatic heterocycles. The Labute approximate surface area is 335 Å². The van der Waals surface area contributed by atoms with E-state index in [-0.39, 0.29) is 40.8 Å². The third-order valence-corrected chi connectivity index (χ3v) is 10.8. The summed E-state index contributed by atoms with van der Waals surface area (Å²) in [6.07, 6.45) is 12.1. The van der Waals surface area contributed by atoms with Gasteiger partial charge in [0.25, 0.3) is 0 Å². The van der Waals surface area contributed by atoms with Crippen molar-refractivity contribution in [1.29, 1.82) is 0 Å². The van der Waals surface area contributed by atoms with Crippen LogP contribution in [0.1, 0.15) is 153 Å². The predicted molar refractivity (Wildman–Crippen MR) is 230 cm³/mol. The number of esters is 2. The maximum atomic E-state index is 14.4. The van der Waals surface area contributed by atoms with Crippen molar-refractivity contribution < 1.29 is 23.9 Å². The summed E-state index contributed by atoms with van der Waals surface area (Å²) in [6, 6.07) is 18.3. The Balaban J connectivity index is 2.74. The molecule has 0 heterocycles. The Kier molecular flexibility index (Phi) is 17.0. The first kappa shape index (κ1) is 47.7. The average molecular weight is 758 g/mol. The normalized spacial score (nSPS) is 15.7. The zero-order chi connectivity index (χ0) is 42.0. The van der Waals surface area contributed by atoms with Crippen molar-refractivity contribution >= 4 is 11.9 Å². The van der Waals surface area contributed by atoms with Crippen LogP contribution in [0.3, 0.4) is 0 Å². The molecule has 4 unspecified atom stereocenters. The van der Waals surface area contributed by atoms with Crippen LogP contribution in [-0.2, 0) is 19.2 Å². The standard InChI is InChI=1S/C49H75NO5/c1-18-19-20-21-23-26-36(4)47(12,13)34-42(44(52)54-46(9,10)11)48(14,15)33-41(38-29-31-40(32-30-38)53-37(5)51)49(16,17)55-50(45(6,7)8)43(35(2)3)39-27-24-22-25-28-39/h18-25,27-32,35-36,41-43H,1,26,33-34H2,2-17H3. The van der Waals surface area contributed by atoms with Crippen molar-refractivity contribution in [1.82, 2.24) is 5.06 Å². The molecular weight excluding hydrogens is 683 g/mol. The van der Waals surface area contributed by atoms with Crippen LogP contribution in [0.5, 0.6) is 5.75 Å². The summed E-state index contributed by atoms with van der Waals surface area (Å²) in [4.78, 5) is 33.7. The van der Waals surface area contributed by atoms with E-state index in [4.69, 9.17) is 14.3 Å². The Morgan fingerprint density at radius 2 is 1.33 bits per heavy atom. The smallest absolute Gasteiger partial charge is 0.310 e. The molecule has 55 heavy (non-hydrogen) atoms. The van der Waals surface area contributed by atoms with Gasteiger partial charge in [0, 0.05) is 18.4 Å². The Bertz CT molecular complexity index is 1570. The van der Waals surface area contributed by atoms with Gasteiger partial charge in [-0.25, -0.2) is 0 Å². The van der Waals surface area contributed by atoms with E-state index in [2.05, 4.69) is 131 Å². The number of carbonyl (C=O) groups is 2. The van der Waals surface area contributed by atoms with Gasteiger partial charge in [-0.1, -0.05) is 128 Å². The fourth-order valence-electron chi connectivity index (χ4n) is 7.34. The molecule has 4 atom stereocenters. The monoisotopic (exact) mass is 758 g/mol. The molecule has 2 aromatic rings. The molecular formula is C49H75NO5. The van der Waals surface area contributed by atoms with E-state index >= 15 is 0 Å². The van der Waals surface area contributed by atoms with Gasteiger partial charge >= 0.3 is 11.9 Å². The number of carbonyl (C=O) groups excluding carboxylic acids is 2. The molecule has 0 bridgehead atoms. The van der Waals surface area contributed by atoms with Crippen LogP contribution in [0.2, 0.25) is 0 Å². The first-order valence-corrected chi connectivity index (χ1v) is 20.2. The van der Waals surface area contributed by atoms with E-state index < -0.39 is 22.5 Å². The van der Waals surface area contributed by atoms with E-state index in [1.807, 2.05) is 63.3 Å². The minimum Gasteiger partial charge on any atom is -0.460 e. The molecule has 0 radical (unpaired) electrons. The minimum absolute atomic E-state index is 0.0152. The highest BCUT2D eigenvalue weighted by Gasteiger charge is 2.48. The number of hydrogen-bond donors (Lipinski definition) is 0. The summed E-state index contributed by atoms with van der Waals surface area (Å²) in [5.41, 5.74) is -0.202. The second-order valence-corrected chi connectivity index (χ2v) is 19.7. The molecule has 306 valence electrons. The number of benzene rings is 2. The van der Waals surface area contributed by atoms with E-state index in [0.717, 1.165) is 12.0 Å². The first-order chi connectivity index (χ1) is 25.2. The molecule has 0 aromatic heterocycles. The van der Waals surface area contributed by atoms with Gasteiger partial charge in [0.15, 0.2) is 0 Å². The topological polar surface area (TPSA) is 65.1 Å². The van der Waals surface area contributed by atoms with Crippen LogP contribution in [-0.4, -0.2) is 33.7 Å². The van der Waals surface area contributed by atoms with Crippen molar-refractivity contribution in [3.05, 3.63) is 103 Å². The van der Waals surface area contributed by atoms with Crippen molar-refractivity contribution in [2.45, 2.75) is 159 Å². The van der Waals surface area contributed by atoms with Gasteiger partial charge in [-0.15, -0.1) is 0 Å². The maximum Gasteiger partial charge on any atom is 0.310 e. The summed E-state index contributed by atoms with van der Waals surface area (Å²) in [5, 5.41) is 2.19. The number of hydroxylamine groups is 2. The average Bonchev–Trinajstić information content (AvgIpc) is 3.05. The number of ether oxygens (including phenoxy) is 2. The SMILES string of the molecule is C=CC=CC=CCC(C)C(C)(C)CC(C(=O)OC(C)(C)C)C(C)(C)CC(c1ccc(OC(C)=O)cc1)C(C)(C)ON(C(c1ccccc1)C(C)C)C(C)(C)C. The summed E-state index contributed by atoms with van der Waals surface area (Å²) in [5.74, 6) is -0.0707. The highest BCUT2D eigenvalue weighted by molar-refractivity contribution is 5.74. The number of rotatable bonds is 19. The second-order valence-electron chi connectivity index (χ2n) is 19.7. The van der Waals surface area contributed by atoms with Crippen LogP contribution >= 0.6 is 0 Å². The lowest BCUT2D eigenvalue weighted by Crippen LogP contribution is -2.52. The van der Waals surface area contributed by atoms with Gasteiger partial charge in [0.1, 0.15) is 11.4 Å². The minimum atomic E-state index is -0.750. The van der Waals surface area contributed by atoms with Crippen molar-refractivity contribution in [3.8, 4) is 5.75 Å². The van der Waals surface area contributed by atoms with E-state index in [1.165, 1.54) is 12.5 Å². The lowest BCUT2D eigenvalue weighted by Gasteiger charge is -2.50. The molecule has 6 heteroatoms. The second kappa shape index (κ2) is 19.6.